The van der Waals surface area contributed by atoms with E-state index in [0.29, 0.717) is 18.8 Å². The number of nitrogens with one attached hydrogen (secondary N) is 1. The van der Waals surface area contributed by atoms with Crippen LogP contribution in [0.2, 0.25) is 0 Å². The lowest BCUT2D eigenvalue weighted by atomic mass is 10.0. The lowest BCUT2D eigenvalue weighted by Crippen LogP contribution is -2.28. The number of carbonyl (C=O) groups is 1. The van der Waals surface area contributed by atoms with Gasteiger partial charge in [-0.1, -0.05) is 19.1 Å². The summed E-state index contributed by atoms with van der Waals surface area (Å²) in [5, 5.41) is 3.07. The molecule has 0 bridgehead atoms. The molecule has 2 aromatic rings. The fourth-order valence-electron chi connectivity index (χ4n) is 2.64. The fourth-order valence-corrected chi connectivity index (χ4v) is 2.64. The molecule has 23 heavy (non-hydrogen) atoms. The van der Waals surface area contributed by atoms with E-state index in [-0.39, 0.29) is 18.2 Å². The molecule has 1 amide bonds. The number of hydrogen-bond acceptors (Lipinski definition) is 4. The summed E-state index contributed by atoms with van der Waals surface area (Å²) in [5.74, 6) is -0.103. The summed E-state index contributed by atoms with van der Waals surface area (Å²) in [6.07, 6.45) is 3.91. The first-order valence-corrected chi connectivity index (χ1v) is 7.82. The molecule has 1 aliphatic rings. The topological polar surface area (TPSA) is 60.5 Å². The third-order valence-corrected chi connectivity index (χ3v) is 3.86. The second-order valence-corrected chi connectivity index (χ2v) is 5.41. The largest absolute Gasteiger partial charge is 0.346 e. The van der Waals surface area contributed by atoms with Crippen LogP contribution < -0.4 is 5.32 Å². The van der Waals surface area contributed by atoms with E-state index in [1.54, 1.807) is 18.5 Å². The lowest BCUT2D eigenvalue weighted by molar-refractivity contribution is -0.0441. The van der Waals surface area contributed by atoms with E-state index in [4.69, 9.17) is 9.47 Å². The maximum absolute atomic E-state index is 12.5. The standard InChI is InChI=1S/C18H20N2O3/c1-2-16(13-6-8-19-9-7-13)20-17(21)14-4-3-5-15(12-14)18-22-10-11-23-18/h3-9,12,16,18H,2,10-11H2,1H3,(H,20,21). The zero-order valence-electron chi connectivity index (χ0n) is 13.1. The van der Waals surface area contributed by atoms with Crippen LogP contribution in [0.15, 0.2) is 48.8 Å². The Kier molecular flexibility index (Phi) is 5.00. The van der Waals surface area contributed by atoms with Gasteiger partial charge in [-0.05, 0) is 36.2 Å². The number of rotatable bonds is 5. The third kappa shape index (κ3) is 3.75. The first-order valence-electron chi connectivity index (χ1n) is 7.82. The van der Waals surface area contributed by atoms with Gasteiger partial charge in [0.15, 0.2) is 6.29 Å². The van der Waals surface area contributed by atoms with E-state index >= 15 is 0 Å². The molecule has 1 saturated heterocycles. The van der Waals surface area contributed by atoms with Crippen LogP contribution in [0, 0.1) is 0 Å². The van der Waals surface area contributed by atoms with Gasteiger partial charge >= 0.3 is 0 Å². The molecule has 1 atom stereocenters. The molecule has 1 unspecified atom stereocenters. The van der Waals surface area contributed by atoms with E-state index < -0.39 is 0 Å². The van der Waals surface area contributed by atoms with Gasteiger partial charge in [0.1, 0.15) is 0 Å². The normalized spacial score (nSPS) is 16.2. The van der Waals surface area contributed by atoms with E-state index in [1.807, 2.05) is 37.3 Å². The highest BCUT2D eigenvalue weighted by Gasteiger charge is 2.20. The molecule has 0 radical (unpaired) electrons. The summed E-state index contributed by atoms with van der Waals surface area (Å²) in [6.45, 7) is 3.21. The smallest absolute Gasteiger partial charge is 0.251 e. The van der Waals surface area contributed by atoms with Crippen molar-refractivity contribution >= 4 is 5.91 Å². The predicted molar refractivity (Wildman–Crippen MR) is 85.8 cm³/mol. The van der Waals surface area contributed by atoms with Crippen molar-refractivity contribution in [2.24, 2.45) is 0 Å². The minimum Gasteiger partial charge on any atom is -0.346 e. The summed E-state index contributed by atoms with van der Waals surface area (Å²) < 4.78 is 11.0. The first kappa shape index (κ1) is 15.6. The van der Waals surface area contributed by atoms with E-state index in [2.05, 4.69) is 10.3 Å². The van der Waals surface area contributed by atoms with E-state index in [0.717, 1.165) is 17.5 Å². The average molecular weight is 312 g/mol. The van der Waals surface area contributed by atoms with Gasteiger partial charge in [0, 0.05) is 23.5 Å². The Bertz CT molecular complexity index is 654. The van der Waals surface area contributed by atoms with Crippen LogP contribution in [0.25, 0.3) is 0 Å². The molecule has 1 aliphatic heterocycles. The lowest BCUT2D eigenvalue weighted by Gasteiger charge is -2.18. The Morgan fingerprint density at radius 2 is 2.00 bits per heavy atom. The van der Waals surface area contributed by atoms with Crippen LogP contribution in [0.1, 0.15) is 47.2 Å². The van der Waals surface area contributed by atoms with Crippen molar-refractivity contribution in [2.75, 3.05) is 13.2 Å². The van der Waals surface area contributed by atoms with Gasteiger partial charge in [-0.2, -0.15) is 0 Å². The van der Waals surface area contributed by atoms with Crippen molar-refractivity contribution in [3.05, 3.63) is 65.5 Å². The van der Waals surface area contributed by atoms with Gasteiger partial charge in [0.25, 0.3) is 5.91 Å². The molecular formula is C18H20N2O3. The SMILES string of the molecule is CCC(NC(=O)c1cccc(C2OCCO2)c1)c1ccncc1. The quantitative estimate of drug-likeness (QED) is 0.922. The highest BCUT2D eigenvalue weighted by molar-refractivity contribution is 5.94. The highest BCUT2D eigenvalue weighted by Crippen LogP contribution is 2.24. The van der Waals surface area contributed by atoms with Crippen molar-refractivity contribution in [2.45, 2.75) is 25.7 Å². The van der Waals surface area contributed by atoms with Crippen molar-refractivity contribution in [3.63, 3.8) is 0 Å². The first-order chi connectivity index (χ1) is 11.3. The number of hydrogen-bond donors (Lipinski definition) is 1. The molecule has 0 spiro atoms. The molecule has 1 aromatic carbocycles. The average Bonchev–Trinajstić information content (AvgIpc) is 3.15. The summed E-state index contributed by atoms with van der Waals surface area (Å²) in [5.41, 5.74) is 2.52. The molecule has 1 aromatic heterocycles. The van der Waals surface area contributed by atoms with Gasteiger partial charge in [-0.25, -0.2) is 0 Å². The van der Waals surface area contributed by atoms with Gasteiger partial charge in [-0.3, -0.25) is 9.78 Å². The van der Waals surface area contributed by atoms with Crippen molar-refractivity contribution in [3.8, 4) is 0 Å². The Morgan fingerprint density at radius 1 is 1.26 bits per heavy atom. The maximum atomic E-state index is 12.5. The van der Waals surface area contributed by atoms with Gasteiger partial charge in [0.2, 0.25) is 0 Å². The molecule has 3 rings (SSSR count). The highest BCUT2D eigenvalue weighted by atomic mass is 16.7. The third-order valence-electron chi connectivity index (χ3n) is 3.86. The Labute approximate surface area is 135 Å². The summed E-state index contributed by atoms with van der Waals surface area (Å²) in [4.78, 5) is 16.6. The number of pyridine rings is 1. The molecule has 1 N–H and O–H groups in total. The van der Waals surface area contributed by atoms with Crippen molar-refractivity contribution < 1.29 is 14.3 Å². The summed E-state index contributed by atoms with van der Waals surface area (Å²) in [6, 6.07) is 11.2. The van der Waals surface area contributed by atoms with Gasteiger partial charge < -0.3 is 14.8 Å². The fraction of sp³-hybridized carbons (Fsp3) is 0.333. The minimum atomic E-state index is -0.370. The van der Waals surface area contributed by atoms with E-state index in [9.17, 15) is 4.79 Å². The van der Waals surface area contributed by atoms with Crippen molar-refractivity contribution in [1.29, 1.82) is 0 Å². The van der Waals surface area contributed by atoms with Crippen molar-refractivity contribution in [1.82, 2.24) is 10.3 Å². The van der Waals surface area contributed by atoms with Gasteiger partial charge in [0.05, 0.1) is 19.3 Å². The number of amides is 1. The van der Waals surface area contributed by atoms with E-state index in [1.165, 1.54) is 0 Å². The van der Waals surface area contributed by atoms with Crippen LogP contribution in [0.3, 0.4) is 0 Å². The van der Waals surface area contributed by atoms with Crippen LogP contribution in [-0.4, -0.2) is 24.1 Å². The number of benzene rings is 1. The van der Waals surface area contributed by atoms with Gasteiger partial charge in [-0.15, -0.1) is 0 Å². The maximum Gasteiger partial charge on any atom is 0.251 e. The molecule has 5 nitrogen and oxygen atoms in total. The molecule has 0 aliphatic carbocycles. The second-order valence-electron chi connectivity index (χ2n) is 5.41. The van der Waals surface area contributed by atoms with Crippen LogP contribution in [0.5, 0.6) is 0 Å². The summed E-state index contributed by atoms with van der Waals surface area (Å²) in [7, 11) is 0. The van der Waals surface area contributed by atoms with Crippen LogP contribution >= 0.6 is 0 Å². The molecule has 5 heteroatoms. The van der Waals surface area contributed by atoms with Crippen LogP contribution in [0.4, 0.5) is 0 Å². The molecular weight excluding hydrogens is 292 g/mol. The molecule has 2 heterocycles. The number of aromatic nitrogens is 1. The zero-order valence-corrected chi connectivity index (χ0v) is 13.1. The second kappa shape index (κ2) is 7.35. The molecule has 120 valence electrons. The minimum absolute atomic E-state index is 0.0341. The Morgan fingerprint density at radius 3 is 2.70 bits per heavy atom. The predicted octanol–water partition coefficient (Wildman–Crippen LogP) is 3.01. The number of ether oxygens (including phenoxy) is 2. The molecule has 1 fully saturated rings. The Balaban J connectivity index is 1.73. The van der Waals surface area contributed by atoms with Crippen LogP contribution in [-0.2, 0) is 9.47 Å². The summed E-state index contributed by atoms with van der Waals surface area (Å²) >= 11 is 0. The Hall–Kier alpha value is -2.24. The number of nitrogens with zero attached hydrogens (tertiary/aromatic N) is 1. The number of carbonyl (C=O) groups excluding carboxylic acids is 1. The monoisotopic (exact) mass is 312 g/mol. The zero-order chi connectivity index (χ0) is 16.1. The molecule has 0 saturated carbocycles.